The van der Waals surface area contributed by atoms with Crippen LogP contribution in [0.2, 0.25) is 0 Å². The van der Waals surface area contributed by atoms with Crippen LogP contribution in [0.25, 0.3) is 0 Å². The summed E-state index contributed by atoms with van der Waals surface area (Å²) in [5.41, 5.74) is 0. The van der Waals surface area contributed by atoms with Gasteiger partial charge in [-0.05, 0) is 18.8 Å². The third-order valence-electron chi connectivity index (χ3n) is 2.42. The largest absolute Gasteiger partial charge is 0.490 e. The number of aliphatic carboxylic acids is 2. The number of piperidine rings is 1. The molecule has 1 saturated heterocycles. The second-order valence-electron chi connectivity index (χ2n) is 3.70. The van der Waals surface area contributed by atoms with Crippen molar-refractivity contribution in [3.05, 3.63) is 0 Å². The predicted octanol–water partition coefficient (Wildman–Crippen LogP) is 0.455. The highest BCUT2D eigenvalue weighted by Crippen LogP contribution is 2.40. The van der Waals surface area contributed by atoms with Gasteiger partial charge in [0.1, 0.15) is 6.04 Å². The number of fused-ring (bicyclic) bond motifs is 1. The van der Waals surface area contributed by atoms with Crippen molar-refractivity contribution in [3.8, 4) is 0 Å². The molecule has 92 valence electrons. The molecule has 0 aromatic carbocycles. The quantitative estimate of drug-likeness (QED) is 0.620. The van der Waals surface area contributed by atoms with E-state index in [2.05, 4.69) is 5.32 Å². The number of carboxylic acid groups (broad SMARTS) is 2. The van der Waals surface area contributed by atoms with Crippen LogP contribution >= 0.6 is 0 Å². The lowest BCUT2D eigenvalue weighted by molar-refractivity contribution is -0.192. The Balaban J connectivity index is 0.000000168. The predicted molar refractivity (Wildman–Crippen MR) is 44.8 cm³/mol. The van der Waals surface area contributed by atoms with Gasteiger partial charge in [0.2, 0.25) is 0 Å². The first kappa shape index (κ1) is 12.8. The lowest BCUT2D eigenvalue weighted by atomic mass is 10.2. The minimum absolute atomic E-state index is 0.242. The van der Waals surface area contributed by atoms with Crippen LogP contribution in [-0.4, -0.2) is 40.4 Å². The zero-order valence-corrected chi connectivity index (χ0v) is 7.99. The first-order valence-corrected chi connectivity index (χ1v) is 4.50. The molecule has 0 aromatic heterocycles. The third-order valence-corrected chi connectivity index (χ3v) is 2.42. The number of hydrogen-bond donors (Lipinski definition) is 3. The fourth-order valence-electron chi connectivity index (χ4n) is 1.51. The topological polar surface area (TPSA) is 86.6 Å². The molecule has 0 unspecified atom stereocenters. The summed E-state index contributed by atoms with van der Waals surface area (Å²) in [6.07, 6.45) is -3.04. The fraction of sp³-hybridized carbons (Fsp3) is 0.750. The van der Waals surface area contributed by atoms with Gasteiger partial charge in [-0.15, -0.1) is 0 Å². The Hall–Kier alpha value is -1.31. The first-order valence-electron chi connectivity index (χ1n) is 4.50. The second-order valence-corrected chi connectivity index (χ2v) is 3.70. The molecular formula is C8H10F3NO4. The maximum atomic E-state index is 10.6. The molecule has 1 aliphatic heterocycles. The van der Waals surface area contributed by atoms with E-state index in [1.165, 1.54) is 6.42 Å². The molecule has 2 rings (SSSR count). The van der Waals surface area contributed by atoms with Gasteiger partial charge in [-0.3, -0.25) is 4.79 Å². The fourth-order valence-corrected chi connectivity index (χ4v) is 1.51. The maximum Gasteiger partial charge on any atom is 0.490 e. The number of carboxylic acids is 2. The minimum Gasteiger partial charge on any atom is -0.480 e. The molecule has 1 aliphatic carbocycles. The molecule has 0 bridgehead atoms. The first-order chi connectivity index (χ1) is 7.21. The summed E-state index contributed by atoms with van der Waals surface area (Å²) >= 11 is 0. The number of carbonyl (C=O) groups is 2. The van der Waals surface area contributed by atoms with E-state index in [9.17, 15) is 18.0 Å². The van der Waals surface area contributed by atoms with Crippen molar-refractivity contribution in [2.24, 2.45) is 5.92 Å². The average Bonchev–Trinajstić information content (AvgIpc) is 2.72. The van der Waals surface area contributed by atoms with Gasteiger partial charge in [-0.25, -0.2) is 4.79 Å². The van der Waals surface area contributed by atoms with Gasteiger partial charge in [-0.1, -0.05) is 0 Å². The van der Waals surface area contributed by atoms with Crippen LogP contribution in [0.3, 0.4) is 0 Å². The van der Waals surface area contributed by atoms with Gasteiger partial charge in [0, 0.05) is 6.04 Å². The van der Waals surface area contributed by atoms with E-state index in [1.807, 2.05) is 0 Å². The number of rotatable bonds is 1. The average molecular weight is 241 g/mol. The van der Waals surface area contributed by atoms with Crippen molar-refractivity contribution in [2.45, 2.75) is 31.1 Å². The van der Waals surface area contributed by atoms with Gasteiger partial charge in [0.25, 0.3) is 0 Å². The third kappa shape index (κ3) is 3.37. The lowest BCUT2D eigenvalue weighted by Crippen LogP contribution is -2.33. The van der Waals surface area contributed by atoms with Crippen molar-refractivity contribution in [3.63, 3.8) is 0 Å². The van der Waals surface area contributed by atoms with Crippen LogP contribution in [0.5, 0.6) is 0 Å². The molecule has 2 fully saturated rings. The van der Waals surface area contributed by atoms with Crippen LogP contribution in [0.15, 0.2) is 0 Å². The number of hydrogen-bond acceptors (Lipinski definition) is 3. The van der Waals surface area contributed by atoms with Crippen molar-refractivity contribution >= 4 is 11.9 Å². The Morgan fingerprint density at radius 1 is 1.19 bits per heavy atom. The van der Waals surface area contributed by atoms with Gasteiger partial charge in [0.15, 0.2) is 0 Å². The van der Waals surface area contributed by atoms with Gasteiger partial charge in [0.05, 0.1) is 0 Å². The highest BCUT2D eigenvalue weighted by atomic mass is 19.4. The SMILES string of the molecule is O=C(O)C(F)(F)F.O=C(O)[C@@H]1C[C@H]2C[C@@H]2N1. The Labute approximate surface area is 88.2 Å². The Bertz CT molecular complexity index is 294. The highest BCUT2D eigenvalue weighted by Gasteiger charge is 2.47. The van der Waals surface area contributed by atoms with Gasteiger partial charge in [-0.2, -0.15) is 13.2 Å². The Kier molecular flexibility index (Phi) is 3.41. The lowest BCUT2D eigenvalue weighted by Gasteiger charge is -2.04. The van der Waals surface area contributed by atoms with E-state index >= 15 is 0 Å². The van der Waals surface area contributed by atoms with Crippen LogP contribution in [-0.2, 0) is 9.59 Å². The molecule has 0 aromatic rings. The smallest absolute Gasteiger partial charge is 0.480 e. The van der Waals surface area contributed by atoms with E-state index in [-0.39, 0.29) is 6.04 Å². The molecule has 3 atom stereocenters. The summed E-state index contributed by atoms with van der Waals surface area (Å²) < 4.78 is 31.7. The van der Waals surface area contributed by atoms with Crippen LogP contribution in [0.4, 0.5) is 13.2 Å². The summed E-state index contributed by atoms with van der Waals surface area (Å²) in [4.78, 5) is 19.2. The molecular weight excluding hydrogens is 231 g/mol. The van der Waals surface area contributed by atoms with Crippen molar-refractivity contribution in [1.82, 2.24) is 5.32 Å². The molecule has 16 heavy (non-hydrogen) atoms. The van der Waals surface area contributed by atoms with Crippen molar-refractivity contribution < 1.29 is 33.0 Å². The Morgan fingerprint density at radius 3 is 1.88 bits per heavy atom. The molecule has 0 spiro atoms. The molecule has 1 saturated carbocycles. The van der Waals surface area contributed by atoms with E-state index < -0.39 is 18.1 Å². The normalized spacial score (nSPS) is 31.1. The molecule has 3 N–H and O–H groups in total. The van der Waals surface area contributed by atoms with E-state index in [0.29, 0.717) is 12.0 Å². The van der Waals surface area contributed by atoms with Gasteiger partial charge >= 0.3 is 18.1 Å². The zero-order valence-electron chi connectivity index (χ0n) is 7.99. The summed E-state index contributed by atoms with van der Waals surface area (Å²) in [5, 5.41) is 18.6. The standard InChI is InChI=1S/C6H9NO2.C2HF3O2/c8-6(9)5-2-3-1-4(3)7-5;3-2(4,5)1(6)7/h3-5,7H,1-2H2,(H,8,9);(H,6,7)/t3-,4+,5+;/m1./s1. The van der Waals surface area contributed by atoms with E-state index in [1.54, 1.807) is 0 Å². The summed E-state index contributed by atoms with van der Waals surface area (Å²) in [6, 6.07) is 0.305. The van der Waals surface area contributed by atoms with Crippen LogP contribution in [0.1, 0.15) is 12.8 Å². The molecule has 8 heteroatoms. The van der Waals surface area contributed by atoms with Crippen LogP contribution < -0.4 is 5.32 Å². The van der Waals surface area contributed by atoms with Crippen LogP contribution in [0, 0.1) is 5.92 Å². The monoisotopic (exact) mass is 241 g/mol. The number of halogens is 3. The molecule has 1 heterocycles. The minimum atomic E-state index is -5.08. The Morgan fingerprint density at radius 2 is 1.69 bits per heavy atom. The number of alkyl halides is 3. The van der Waals surface area contributed by atoms with E-state index in [4.69, 9.17) is 15.0 Å². The maximum absolute atomic E-state index is 10.6. The molecule has 5 nitrogen and oxygen atoms in total. The van der Waals surface area contributed by atoms with E-state index in [0.717, 1.165) is 6.42 Å². The summed E-state index contributed by atoms with van der Waals surface area (Å²) in [7, 11) is 0. The van der Waals surface area contributed by atoms with Crippen molar-refractivity contribution in [1.29, 1.82) is 0 Å². The summed E-state index contributed by atoms with van der Waals surface area (Å²) in [6.45, 7) is 0. The highest BCUT2D eigenvalue weighted by molar-refractivity contribution is 5.74. The van der Waals surface area contributed by atoms with Gasteiger partial charge < -0.3 is 15.5 Å². The molecule has 2 aliphatic rings. The second kappa shape index (κ2) is 4.28. The zero-order chi connectivity index (χ0) is 12.5. The number of nitrogens with one attached hydrogen (secondary N) is 1. The summed E-state index contributed by atoms with van der Waals surface area (Å²) in [5.74, 6) is -2.76. The van der Waals surface area contributed by atoms with Crippen molar-refractivity contribution in [2.75, 3.05) is 0 Å². The molecule has 0 radical (unpaired) electrons. The molecule has 0 amide bonds.